The van der Waals surface area contributed by atoms with Crippen molar-refractivity contribution in [3.63, 3.8) is 0 Å². The fraction of sp³-hybridized carbons (Fsp3) is 0.167. The number of aryl methyl sites for hydroxylation is 1. The van der Waals surface area contributed by atoms with E-state index in [0.717, 1.165) is 32.2 Å². The Morgan fingerprint density at radius 2 is 2.17 bits per heavy atom. The third-order valence-corrected chi connectivity index (χ3v) is 4.40. The number of hydrogen-bond acceptors (Lipinski definition) is 5. The molecule has 0 unspecified atom stereocenters. The summed E-state index contributed by atoms with van der Waals surface area (Å²) in [6.07, 6.45) is 1.86. The molecule has 0 bridgehead atoms. The number of thiazole rings is 1. The zero-order valence-corrected chi connectivity index (χ0v) is 14.2. The van der Waals surface area contributed by atoms with Crippen molar-refractivity contribution in [3.05, 3.63) is 53.0 Å². The Morgan fingerprint density at radius 1 is 1.33 bits per heavy atom. The normalized spacial score (nSPS) is 11.3. The summed E-state index contributed by atoms with van der Waals surface area (Å²) in [6, 6.07) is 13.8. The Hall–Kier alpha value is -2.91. The van der Waals surface area contributed by atoms with E-state index >= 15 is 0 Å². The summed E-state index contributed by atoms with van der Waals surface area (Å²) in [4.78, 5) is 8.91. The van der Waals surface area contributed by atoms with Gasteiger partial charge in [-0.05, 0) is 49.7 Å². The topological polar surface area (TPSA) is 70.3 Å². The Bertz CT molecular complexity index is 907. The molecule has 0 fully saturated rings. The molecule has 120 valence electrons. The number of ether oxygens (including phenoxy) is 1. The van der Waals surface area contributed by atoms with Crippen molar-refractivity contribution in [3.8, 4) is 11.9 Å². The van der Waals surface area contributed by atoms with Crippen molar-refractivity contribution in [1.82, 2.24) is 10.3 Å². The number of para-hydroxylation sites is 1. The van der Waals surface area contributed by atoms with Crippen LogP contribution in [0.5, 0.6) is 5.75 Å². The van der Waals surface area contributed by atoms with Crippen LogP contribution in [0.25, 0.3) is 10.2 Å². The third kappa shape index (κ3) is 3.70. The summed E-state index contributed by atoms with van der Waals surface area (Å²) in [5, 5.41) is 12.1. The number of rotatable bonds is 4. The molecule has 1 N–H and O–H groups in total. The van der Waals surface area contributed by atoms with Crippen LogP contribution in [0.15, 0.2) is 47.5 Å². The molecule has 5 nitrogen and oxygen atoms in total. The van der Waals surface area contributed by atoms with Crippen LogP contribution in [0.2, 0.25) is 0 Å². The molecule has 6 heteroatoms. The summed E-state index contributed by atoms with van der Waals surface area (Å²) >= 11 is 1.64. The van der Waals surface area contributed by atoms with Gasteiger partial charge < -0.3 is 4.74 Å². The third-order valence-electron chi connectivity index (χ3n) is 3.39. The minimum absolute atomic E-state index is 0.441. The summed E-state index contributed by atoms with van der Waals surface area (Å²) in [6.45, 7) is 4.15. The van der Waals surface area contributed by atoms with Gasteiger partial charge in [0.2, 0.25) is 0 Å². The zero-order chi connectivity index (χ0) is 16.9. The summed E-state index contributed by atoms with van der Waals surface area (Å²) in [5.74, 6) is 1.33. The van der Waals surface area contributed by atoms with Gasteiger partial charge in [0.15, 0.2) is 6.19 Å². The lowest BCUT2D eigenvalue weighted by molar-refractivity contribution is 0.305. The Morgan fingerprint density at radius 3 is 2.92 bits per heavy atom. The highest BCUT2D eigenvalue weighted by Gasteiger charge is 2.05. The number of hydrogen-bond donors (Lipinski definition) is 1. The van der Waals surface area contributed by atoms with Gasteiger partial charge in [-0.25, -0.2) is 9.98 Å². The van der Waals surface area contributed by atoms with Crippen LogP contribution in [0.4, 0.5) is 5.69 Å². The predicted octanol–water partition coefficient (Wildman–Crippen LogP) is 4.30. The van der Waals surface area contributed by atoms with Crippen molar-refractivity contribution < 1.29 is 4.74 Å². The Balaban J connectivity index is 1.70. The second-order valence-electron chi connectivity index (χ2n) is 5.25. The number of aromatic nitrogens is 1. The molecule has 3 aromatic rings. The molecule has 0 aliphatic heterocycles. The first kappa shape index (κ1) is 16.0. The molecule has 0 aliphatic carbocycles. The molecular weight excluding hydrogens is 320 g/mol. The van der Waals surface area contributed by atoms with Gasteiger partial charge in [-0.2, -0.15) is 5.26 Å². The average molecular weight is 336 g/mol. The van der Waals surface area contributed by atoms with Gasteiger partial charge in [0.05, 0.1) is 15.9 Å². The van der Waals surface area contributed by atoms with Gasteiger partial charge in [0.1, 0.15) is 23.2 Å². The summed E-state index contributed by atoms with van der Waals surface area (Å²) in [7, 11) is 0. The highest BCUT2D eigenvalue weighted by molar-refractivity contribution is 7.18. The van der Waals surface area contributed by atoms with E-state index in [1.807, 2.05) is 49.5 Å². The largest absolute Gasteiger partial charge is 0.486 e. The molecule has 0 atom stereocenters. The number of fused-ring (bicyclic) bond motifs is 1. The molecule has 0 radical (unpaired) electrons. The molecule has 0 saturated carbocycles. The zero-order valence-electron chi connectivity index (χ0n) is 13.4. The highest BCUT2D eigenvalue weighted by atomic mass is 32.1. The lowest BCUT2D eigenvalue weighted by Gasteiger charge is -2.07. The van der Waals surface area contributed by atoms with Crippen molar-refractivity contribution in [2.24, 2.45) is 4.99 Å². The van der Waals surface area contributed by atoms with Crippen LogP contribution >= 0.6 is 11.3 Å². The minimum Gasteiger partial charge on any atom is -0.486 e. The highest BCUT2D eigenvalue weighted by Crippen LogP contribution is 2.26. The van der Waals surface area contributed by atoms with Gasteiger partial charge in [-0.1, -0.05) is 12.1 Å². The van der Waals surface area contributed by atoms with Crippen molar-refractivity contribution >= 4 is 33.1 Å². The van der Waals surface area contributed by atoms with Crippen molar-refractivity contribution in [2.45, 2.75) is 20.5 Å². The van der Waals surface area contributed by atoms with Gasteiger partial charge in [0, 0.05) is 0 Å². The maximum absolute atomic E-state index is 8.59. The van der Waals surface area contributed by atoms with Crippen molar-refractivity contribution in [2.75, 3.05) is 0 Å². The van der Waals surface area contributed by atoms with Crippen LogP contribution in [0, 0.1) is 18.4 Å². The monoisotopic (exact) mass is 336 g/mol. The van der Waals surface area contributed by atoms with Gasteiger partial charge >= 0.3 is 0 Å². The fourth-order valence-corrected chi connectivity index (χ4v) is 3.14. The van der Waals surface area contributed by atoms with E-state index in [1.54, 1.807) is 18.3 Å². The maximum Gasteiger partial charge on any atom is 0.182 e. The SMILES string of the molecule is CC(=Nc1ccc(OCc2nc3ccccc3s2)cc1C)NC#N. The first-order valence-corrected chi connectivity index (χ1v) is 8.25. The standard InChI is InChI=1S/C18H16N4OS/c1-12-9-14(7-8-15(12)21-13(2)20-11-19)23-10-18-22-16-5-3-4-6-17(16)24-18/h3-9H,10H2,1-2H3,(H,20,21). The van der Waals surface area contributed by atoms with Crippen LogP contribution in [0.1, 0.15) is 17.5 Å². The average Bonchev–Trinajstić information content (AvgIpc) is 2.98. The van der Waals surface area contributed by atoms with Gasteiger partial charge in [-0.3, -0.25) is 5.32 Å². The summed E-state index contributed by atoms with van der Waals surface area (Å²) < 4.78 is 7.01. The van der Waals surface area contributed by atoms with E-state index in [-0.39, 0.29) is 0 Å². The quantitative estimate of drug-likeness (QED) is 0.334. The number of amidine groups is 1. The van der Waals surface area contributed by atoms with Crippen LogP contribution in [-0.2, 0) is 6.61 Å². The molecule has 0 saturated heterocycles. The second-order valence-corrected chi connectivity index (χ2v) is 6.36. The van der Waals surface area contributed by atoms with E-state index in [0.29, 0.717) is 12.4 Å². The lowest BCUT2D eigenvalue weighted by Crippen LogP contribution is -2.12. The first-order valence-electron chi connectivity index (χ1n) is 7.44. The van der Waals surface area contributed by atoms with Crippen LogP contribution in [-0.4, -0.2) is 10.8 Å². The number of nitrogens with one attached hydrogen (secondary N) is 1. The Kier molecular flexibility index (Phi) is 4.73. The molecule has 24 heavy (non-hydrogen) atoms. The number of benzene rings is 2. The molecular formula is C18H16N4OS. The molecule has 1 heterocycles. The Labute approximate surface area is 144 Å². The van der Waals surface area contributed by atoms with Crippen molar-refractivity contribution in [1.29, 1.82) is 5.26 Å². The number of aliphatic imine (C=N–C) groups is 1. The molecule has 0 amide bonds. The maximum atomic E-state index is 8.59. The predicted molar refractivity (Wildman–Crippen MR) is 96.6 cm³/mol. The molecule has 3 rings (SSSR count). The molecule has 1 aromatic heterocycles. The second kappa shape index (κ2) is 7.11. The van der Waals surface area contributed by atoms with E-state index < -0.39 is 0 Å². The van der Waals surface area contributed by atoms with E-state index in [4.69, 9.17) is 10.00 Å². The summed E-state index contributed by atoms with van der Waals surface area (Å²) in [5.41, 5.74) is 2.79. The van der Waals surface area contributed by atoms with E-state index in [2.05, 4.69) is 21.4 Å². The lowest BCUT2D eigenvalue weighted by atomic mass is 10.2. The van der Waals surface area contributed by atoms with Crippen LogP contribution in [0.3, 0.4) is 0 Å². The van der Waals surface area contributed by atoms with Crippen LogP contribution < -0.4 is 10.1 Å². The van der Waals surface area contributed by atoms with Gasteiger partial charge in [-0.15, -0.1) is 11.3 Å². The number of nitriles is 1. The molecule has 0 spiro atoms. The minimum atomic E-state index is 0.441. The molecule has 2 aromatic carbocycles. The van der Waals surface area contributed by atoms with E-state index in [9.17, 15) is 0 Å². The molecule has 0 aliphatic rings. The van der Waals surface area contributed by atoms with E-state index in [1.165, 1.54) is 0 Å². The fourth-order valence-electron chi connectivity index (χ4n) is 2.26. The first-order chi connectivity index (χ1) is 11.7. The number of nitrogens with zero attached hydrogens (tertiary/aromatic N) is 3. The smallest absolute Gasteiger partial charge is 0.182 e. The van der Waals surface area contributed by atoms with Gasteiger partial charge in [0.25, 0.3) is 0 Å².